The maximum atomic E-state index is 12.4. The van der Waals surface area contributed by atoms with Crippen molar-refractivity contribution in [1.29, 1.82) is 0 Å². The molecule has 0 fully saturated rings. The molecule has 0 spiro atoms. The van der Waals surface area contributed by atoms with Gasteiger partial charge >= 0.3 is 0 Å². The van der Waals surface area contributed by atoms with Gasteiger partial charge in [-0.05, 0) is 28.8 Å². The van der Waals surface area contributed by atoms with E-state index in [0.29, 0.717) is 11.4 Å². The van der Waals surface area contributed by atoms with E-state index in [4.69, 9.17) is 17.1 Å². The van der Waals surface area contributed by atoms with Crippen LogP contribution in [-0.4, -0.2) is 23.2 Å². The number of amides is 1. The van der Waals surface area contributed by atoms with Crippen molar-refractivity contribution in [3.8, 4) is 0 Å². The molecule has 0 saturated heterocycles. The summed E-state index contributed by atoms with van der Waals surface area (Å²) in [4.78, 5) is 15.0. The average Bonchev–Trinajstić information content (AvgIpc) is 3.06. The standard InChI is InChI=1S/C17H14ClN5O/c18-14-8-6-12(7-9-14)15-10-16(13-4-2-1-3-5-13)23(21-15)17(24)11-20-22-19/h1-9,16H,10-11H2/t16-/m0/s1. The van der Waals surface area contributed by atoms with E-state index in [0.717, 1.165) is 16.8 Å². The molecule has 0 aromatic heterocycles. The summed E-state index contributed by atoms with van der Waals surface area (Å²) in [5.74, 6) is -0.328. The van der Waals surface area contributed by atoms with Crippen LogP contribution in [0.3, 0.4) is 0 Å². The molecule has 0 aliphatic carbocycles. The lowest BCUT2D eigenvalue weighted by molar-refractivity contribution is -0.131. The number of benzene rings is 2. The fourth-order valence-electron chi connectivity index (χ4n) is 2.66. The molecule has 7 heteroatoms. The summed E-state index contributed by atoms with van der Waals surface area (Å²) >= 11 is 5.93. The van der Waals surface area contributed by atoms with Crippen molar-refractivity contribution in [1.82, 2.24) is 5.01 Å². The number of azide groups is 1. The molecule has 120 valence electrons. The van der Waals surface area contributed by atoms with Crippen LogP contribution in [0, 0.1) is 0 Å². The summed E-state index contributed by atoms with van der Waals surface area (Å²) < 4.78 is 0. The summed E-state index contributed by atoms with van der Waals surface area (Å²) in [6.07, 6.45) is 0.591. The first-order valence-electron chi connectivity index (χ1n) is 7.40. The molecule has 0 saturated carbocycles. The van der Waals surface area contributed by atoms with Gasteiger partial charge in [-0.2, -0.15) is 5.10 Å². The van der Waals surface area contributed by atoms with Gasteiger partial charge in [-0.3, -0.25) is 4.79 Å². The second kappa shape index (κ2) is 7.17. The molecule has 6 nitrogen and oxygen atoms in total. The van der Waals surface area contributed by atoms with Gasteiger partial charge in [0.1, 0.15) is 6.54 Å². The van der Waals surface area contributed by atoms with Crippen molar-refractivity contribution in [2.75, 3.05) is 6.54 Å². The maximum absolute atomic E-state index is 12.4. The van der Waals surface area contributed by atoms with Gasteiger partial charge in [0.25, 0.3) is 0 Å². The second-order valence-corrected chi connectivity index (χ2v) is 5.75. The Kier molecular flexibility index (Phi) is 4.79. The van der Waals surface area contributed by atoms with E-state index >= 15 is 0 Å². The molecule has 3 rings (SSSR count). The van der Waals surface area contributed by atoms with Gasteiger partial charge in [0, 0.05) is 16.4 Å². The third-order valence-corrected chi connectivity index (χ3v) is 4.05. The van der Waals surface area contributed by atoms with Crippen LogP contribution in [0.4, 0.5) is 0 Å². The largest absolute Gasteiger partial charge is 0.273 e. The van der Waals surface area contributed by atoms with Crippen LogP contribution in [0.5, 0.6) is 0 Å². The van der Waals surface area contributed by atoms with Crippen LogP contribution in [0.15, 0.2) is 64.8 Å². The summed E-state index contributed by atoms with van der Waals surface area (Å²) in [7, 11) is 0. The van der Waals surface area contributed by atoms with Gasteiger partial charge in [-0.15, -0.1) is 0 Å². The Bertz CT molecular complexity index is 813. The molecule has 1 amide bonds. The van der Waals surface area contributed by atoms with Gasteiger partial charge < -0.3 is 0 Å². The van der Waals surface area contributed by atoms with Crippen LogP contribution >= 0.6 is 11.6 Å². The normalized spacial score (nSPS) is 16.5. The molecule has 2 aromatic carbocycles. The Morgan fingerprint density at radius 2 is 1.96 bits per heavy atom. The van der Waals surface area contributed by atoms with E-state index < -0.39 is 0 Å². The average molecular weight is 340 g/mol. The van der Waals surface area contributed by atoms with Crippen LogP contribution in [0.25, 0.3) is 10.4 Å². The quantitative estimate of drug-likeness (QED) is 0.463. The van der Waals surface area contributed by atoms with E-state index in [9.17, 15) is 4.79 Å². The molecule has 2 aromatic rings. The Morgan fingerprint density at radius 3 is 2.62 bits per heavy atom. The highest BCUT2D eigenvalue weighted by Crippen LogP contribution is 2.32. The van der Waals surface area contributed by atoms with Crippen LogP contribution < -0.4 is 0 Å². The van der Waals surface area contributed by atoms with Gasteiger partial charge in [0.05, 0.1) is 11.8 Å². The first kappa shape index (κ1) is 16.1. The topological polar surface area (TPSA) is 81.4 Å². The highest BCUT2D eigenvalue weighted by Gasteiger charge is 2.32. The molecule has 1 aliphatic rings. The smallest absolute Gasteiger partial charge is 0.249 e. The van der Waals surface area contributed by atoms with Crippen LogP contribution in [-0.2, 0) is 4.79 Å². The van der Waals surface area contributed by atoms with E-state index in [1.54, 1.807) is 12.1 Å². The molecule has 1 heterocycles. The molecule has 0 radical (unpaired) electrons. The Balaban J connectivity index is 1.93. The number of hydrogen-bond donors (Lipinski definition) is 0. The van der Waals surface area contributed by atoms with Crippen LogP contribution in [0.1, 0.15) is 23.6 Å². The summed E-state index contributed by atoms with van der Waals surface area (Å²) in [6.45, 7) is -0.253. The van der Waals surface area contributed by atoms with E-state index in [1.165, 1.54) is 5.01 Å². The third-order valence-electron chi connectivity index (χ3n) is 3.80. The molecule has 1 aliphatic heterocycles. The predicted molar refractivity (Wildman–Crippen MR) is 92.6 cm³/mol. The van der Waals surface area contributed by atoms with Crippen molar-refractivity contribution in [2.24, 2.45) is 10.2 Å². The lowest BCUT2D eigenvalue weighted by Crippen LogP contribution is -2.28. The van der Waals surface area contributed by atoms with Crippen molar-refractivity contribution in [3.63, 3.8) is 0 Å². The third kappa shape index (κ3) is 3.40. The van der Waals surface area contributed by atoms with E-state index in [2.05, 4.69) is 15.1 Å². The van der Waals surface area contributed by atoms with Gasteiger partial charge in [-0.1, -0.05) is 59.2 Å². The lowest BCUT2D eigenvalue weighted by Gasteiger charge is -2.21. The number of carbonyl (C=O) groups is 1. The first-order valence-corrected chi connectivity index (χ1v) is 7.78. The Hall–Kier alpha value is -2.82. The summed E-state index contributed by atoms with van der Waals surface area (Å²) in [5, 5.41) is 9.89. The summed E-state index contributed by atoms with van der Waals surface area (Å²) in [6, 6.07) is 16.8. The zero-order valence-electron chi connectivity index (χ0n) is 12.7. The second-order valence-electron chi connectivity index (χ2n) is 5.31. The first-order chi connectivity index (χ1) is 11.7. The number of carbonyl (C=O) groups excluding carboxylic acids is 1. The molecule has 0 unspecified atom stereocenters. The molecule has 1 atom stereocenters. The van der Waals surface area contributed by atoms with Crippen molar-refractivity contribution in [2.45, 2.75) is 12.5 Å². The fourth-order valence-corrected chi connectivity index (χ4v) is 2.78. The monoisotopic (exact) mass is 339 g/mol. The molecule has 0 N–H and O–H groups in total. The molecule has 24 heavy (non-hydrogen) atoms. The van der Waals surface area contributed by atoms with Crippen LogP contribution in [0.2, 0.25) is 5.02 Å². The van der Waals surface area contributed by atoms with Gasteiger partial charge in [0.15, 0.2) is 0 Å². The summed E-state index contributed by atoms with van der Waals surface area (Å²) in [5.41, 5.74) is 11.1. The minimum Gasteiger partial charge on any atom is -0.273 e. The molecular weight excluding hydrogens is 326 g/mol. The highest BCUT2D eigenvalue weighted by molar-refractivity contribution is 6.30. The lowest BCUT2D eigenvalue weighted by atomic mass is 9.98. The molecule has 0 bridgehead atoms. The fraction of sp³-hybridized carbons (Fsp3) is 0.176. The van der Waals surface area contributed by atoms with E-state index in [1.807, 2.05) is 42.5 Å². The Morgan fingerprint density at radius 1 is 1.25 bits per heavy atom. The minimum absolute atomic E-state index is 0.210. The van der Waals surface area contributed by atoms with Gasteiger partial charge in [-0.25, -0.2) is 5.01 Å². The van der Waals surface area contributed by atoms with Gasteiger partial charge in [0.2, 0.25) is 5.91 Å². The number of nitrogens with zero attached hydrogens (tertiary/aromatic N) is 5. The number of hydrogen-bond acceptors (Lipinski definition) is 3. The van der Waals surface area contributed by atoms with Crippen molar-refractivity contribution < 1.29 is 4.79 Å². The number of rotatable bonds is 4. The zero-order chi connectivity index (χ0) is 16.9. The van der Waals surface area contributed by atoms with Crippen molar-refractivity contribution in [3.05, 3.63) is 81.2 Å². The number of hydrazone groups is 1. The predicted octanol–water partition coefficient (Wildman–Crippen LogP) is 4.33. The zero-order valence-corrected chi connectivity index (χ0v) is 13.5. The maximum Gasteiger partial charge on any atom is 0.249 e. The highest BCUT2D eigenvalue weighted by atomic mass is 35.5. The van der Waals surface area contributed by atoms with E-state index in [-0.39, 0.29) is 18.5 Å². The SMILES string of the molecule is [N-]=[N+]=NCC(=O)N1N=C(c2ccc(Cl)cc2)C[C@H]1c1ccccc1. The minimum atomic E-state index is -0.328. The van der Waals surface area contributed by atoms with Crippen molar-refractivity contribution >= 4 is 23.2 Å². The molecular formula is C17H14ClN5O. The number of halogens is 1. The Labute approximate surface area is 144 Å².